The summed E-state index contributed by atoms with van der Waals surface area (Å²) in [7, 11) is 1.11. The topological polar surface area (TPSA) is 84.2 Å². The lowest BCUT2D eigenvalue weighted by atomic mass is 10.1. The van der Waals surface area contributed by atoms with Crippen LogP contribution in [0, 0.1) is 23.3 Å². The van der Waals surface area contributed by atoms with Gasteiger partial charge in [0.05, 0.1) is 11.8 Å². The van der Waals surface area contributed by atoms with Gasteiger partial charge in [0.15, 0.2) is 29.0 Å². The van der Waals surface area contributed by atoms with E-state index in [1.165, 1.54) is 5.32 Å². The number of hydrogen-bond donors (Lipinski definition) is 2. The minimum Gasteiger partial charge on any atom is -0.477 e. The molecule has 0 aliphatic heterocycles. The smallest absolute Gasteiger partial charge is 0.422 e. The molecule has 0 saturated carbocycles. The molecule has 6 nitrogen and oxygen atoms in total. The summed E-state index contributed by atoms with van der Waals surface area (Å²) in [5.41, 5.74) is -6.15. The van der Waals surface area contributed by atoms with Crippen molar-refractivity contribution in [1.82, 2.24) is 9.78 Å². The summed E-state index contributed by atoms with van der Waals surface area (Å²) in [4.78, 5) is 23.0. The second-order valence-electron chi connectivity index (χ2n) is 4.79. The molecule has 1 amide bonds. The molecule has 1 aromatic heterocycles. The van der Waals surface area contributed by atoms with Crippen LogP contribution >= 0.6 is 0 Å². The summed E-state index contributed by atoms with van der Waals surface area (Å²) in [6.07, 6.45) is -5.07. The number of aryl methyl sites for hydroxylation is 1. The van der Waals surface area contributed by atoms with E-state index in [4.69, 9.17) is 5.11 Å². The highest BCUT2D eigenvalue weighted by Crippen LogP contribution is 2.38. The molecule has 2 rings (SSSR count). The van der Waals surface area contributed by atoms with Crippen LogP contribution < -0.4 is 5.32 Å². The number of carbonyl (C=O) groups is 2. The SMILES string of the molecule is Cn1ncc(C(=O)Nc2c(F)c(F)c(C(F)(F)F)c(F)c2F)c1C(=O)O. The number of carbonyl (C=O) groups excluding carboxylic acids is 1. The van der Waals surface area contributed by atoms with Gasteiger partial charge < -0.3 is 10.4 Å². The number of hydrogen-bond acceptors (Lipinski definition) is 3. The van der Waals surface area contributed by atoms with Crippen LogP contribution in [0.5, 0.6) is 0 Å². The predicted octanol–water partition coefficient (Wildman–Crippen LogP) is 2.95. The Morgan fingerprint density at radius 3 is 2.00 bits per heavy atom. The number of nitrogens with zero attached hydrogens (tertiary/aromatic N) is 2. The van der Waals surface area contributed by atoms with E-state index < -0.39 is 63.8 Å². The zero-order chi connectivity index (χ0) is 20.0. The maximum Gasteiger partial charge on any atom is 0.422 e. The fourth-order valence-electron chi connectivity index (χ4n) is 2.03. The Bertz CT molecular complexity index is 892. The Morgan fingerprint density at radius 2 is 1.58 bits per heavy atom. The van der Waals surface area contributed by atoms with E-state index in [1.54, 1.807) is 0 Å². The van der Waals surface area contributed by atoms with Gasteiger partial charge in [-0.25, -0.2) is 22.4 Å². The maximum absolute atomic E-state index is 13.7. The molecule has 0 unspecified atom stereocenters. The lowest BCUT2D eigenvalue weighted by Crippen LogP contribution is -2.21. The first-order valence-electron chi connectivity index (χ1n) is 6.37. The van der Waals surface area contributed by atoms with Crippen molar-refractivity contribution in [3.63, 3.8) is 0 Å². The minimum absolute atomic E-state index is 0.672. The third-order valence-corrected chi connectivity index (χ3v) is 3.17. The first-order valence-corrected chi connectivity index (χ1v) is 6.37. The molecule has 2 N–H and O–H groups in total. The lowest BCUT2D eigenvalue weighted by molar-refractivity contribution is -0.143. The number of aromatic nitrogens is 2. The third kappa shape index (κ3) is 3.07. The predicted molar refractivity (Wildman–Crippen MR) is 69.4 cm³/mol. The van der Waals surface area contributed by atoms with Crippen LogP contribution in [0.1, 0.15) is 26.4 Å². The highest BCUT2D eigenvalue weighted by atomic mass is 19.4. The number of nitrogens with one attached hydrogen (secondary N) is 1. The minimum atomic E-state index is -5.74. The number of alkyl halides is 3. The molecule has 1 aromatic carbocycles. The maximum atomic E-state index is 13.7. The number of rotatable bonds is 3. The molecule has 0 aliphatic rings. The van der Waals surface area contributed by atoms with E-state index in [0.717, 1.165) is 7.05 Å². The van der Waals surface area contributed by atoms with Gasteiger partial charge in [-0.05, 0) is 0 Å². The molecule has 0 radical (unpaired) electrons. The van der Waals surface area contributed by atoms with Crippen molar-refractivity contribution < 1.29 is 45.4 Å². The van der Waals surface area contributed by atoms with E-state index in [1.807, 2.05) is 0 Å². The normalized spacial score (nSPS) is 11.5. The standard InChI is InChI=1S/C13H6F7N3O3/c1-23-10(12(25)26)3(2-21-23)11(24)22-9-7(16)5(14)4(13(18,19)20)6(15)8(9)17/h2H,1H3,(H,22,24)(H,25,26). The fraction of sp³-hybridized carbons (Fsp3) is 0.154. The Balaban J connectivity index is 2.55. The van der Waals surface area contributed by atoms with Crippen molar-refractivity contribution >= 4 is 17.6 Å². The molecule has 0 atom stereocenters. The van der Waals surface area contributed by atoms with Crippen LogP contribution in [0.2, 0.25) is 0 Å². The van der Waals surface area contributed by atoms with Gasteiger partial charge >= 0.3 is 12.1 Å². The molecule has 140 valence electrons. The van der Waals surface area contributed by atoms with Crippen LogP contribution in [0.15, 0.2) is 6.20 Å². The molecular weight excluding hydrogens is 379 g/mol. The van der Waals surface area contributed by atoms with E-state index in [0.29, 0.717) is 10.9 Å². The van der Waals surface area contributed by atoms with E-state index in [9.17, 15) is 40.3 Å². The molecule has 0 bridgehead atoms. The van der Waals surface area contributed by atoms with Crippen molar-refractivity contribution in [2.75, 3.05) is 5.32 Å². The first-order chi connectivity index (χ1) is 11.9. The van der Waals surface area contributed by atoms with Gasteiger partial charge in [-0.15, -0.1) is 0 Å². The molecule has 2 aromatic rings. The average molecular weight is 385 g/mol. The van der Waals surface area contributed by atoms with Crippen LogP contribution in [0.4, 0.5) is 36.4 Å². The van der Waals surface area contributed by atoms with Crippen molar-refractivity contribution in [3.8, 4) is 0 Å². The molecule has 0 saturated heterocycles. The molecule has 0 fully saturated rings. The van der Waals surface area contributed by atoms with Crippen LogP contribution in [0.3, 0.4) is 0 Å². The number of aromatic carboxylic acids is 1. The molecule has 26 heavy (non-hydrogen) atoms. The monoisotopic (exact) mass is 385 g/mol. The quantitative estimate of drug-likeness (QED) is 0.629. The molecular formula is C13H6F7N3O3. The zero-order valence-electron chi connectivity index (χ0n) is 12.4. The van der Waals surface area contributed by atoms with Gasteiger partial charge in [0.2, 0.25) is 0 Å². The van der Waals surface area contributed by atoms with Gasteiger partial charge in [-0.1, -0.05) is 0 Å². The number of carboxylic acid groups (broad SMARTS) is 1. The van der Waals surface area contributed by atoms with Crippen LogP contribution in [-0.2, 0) is 13.2 Å². The van der Waals surface area contributed by atoms with Gasteiger partial charge in [0.25, 0.3) is 5.91 Å². The lowest BCUT2D eigenvalue weighted by Gasteiger charge is -2.14. The largest absolute Gasteiger partial charge is 0.477 e. The second-order valence-corrected chi connectivity index (χ2v) is 4.79. The van der Waals surface area contributed by atoms with E-state index in [-0.39, 0.29) is 0 Å². The summed E-state index contributed by atoms with van der Waals surface area (Å²) >= 11 is 0. The number of benzene rings is 1. The summed E-state index contributed by atoms with van der Waals surface area (Å²) in [6, 6.07) is 0. The van der Waals surface area contributed by atoms with E-state index >= 15 is 0 Å². The average Bonchev–Trinajstić information content (AvgIpc) is 2.90. The summed E-state index contributed by atoms with van der Waals surface area (Å²) in [5.74, 6) is -13.8. The highest BCUT2D eigenvalue weighted by molar-refractivity contribution is 6.10. The highest BCUT2D eigenvalue weighted by Gasteiger charge is 2.42. The van der Waals surface area contributed by atoms with Crippen molar-refractivity contribution in [2.24, 2.45) is 7.05 Å². The molecule has 1 heterocycles. The number of carboxylic acids is 1. The Labute approximate surface area is 138 Å². The summed E-state index contributed by atoms with van der Waals surface area (Å²) in [5, 5.41) is 13.7. The second kappa shape index (κ2) is 6.31. The van der Waals surface area contributed by atoms with Gasteiger partial charge in [0.1, 0.15) is 11.3 Å². The van der Waals surface area contributed by atoms with Crippen molar-refractivity contribution in [2.45, 2.75) is 6.18 Å². The van der Waals surface area contributed by atoms with Gasteiger partial charge in [-0.2, -0.15) is 18.3 Å². The van der Waals surface area contributed by atoms with E-state index in [2.05, 4.69) is 5.10 Å². The van der Waals surface area contributed by atoms with Crippen LogP contribution in [0.25, 0.3) is 0 Å². The van der Waals surface area contributed by atoms with Crippen molar-refractivity contribution in [3.05, 3.63) is 46.3 Å². The van der Waals surface area contributed by atoms with Gasteiger partial charge in [-0.3, -0.25) is 9.48 Å². The third-order valence-electron chi connectivity index (χ3n) is 3.17. The molecule has 13 heteroatoms. The van der Waals surface area contributed by atoms with Crippen molar-refractivity contribution in [1.29, 1.82) is 0 Å². The Hall–Kier alpha value is -3.12. The number of halogens is 7. The Kier molecular flexibility index (Phi) is 4.66. The molecule has 0 spiro atoms. The number of anilines is 1. The fourth-order valence-corrected chi connectivity index (χ4v) is 2.03. The summed E-state index contributed by atoms with van der Waals surface area (Å²) < 4.78 is 92.7. The van der Waals surface area contributed by atoms with Crippen LogP contribution in [-0.4, -0.2) is 26.8 Å². The van der Waals surface area contributed by atoms with Gasteiger partial charge in [0, 0.05) is 7.05 Å². The Morgan fingerprint density at radius 1 is 1.08 bits per heavy atom. The first kappa shape index (κ1) is 19.2. The number of amides is 1. The summed E-state index contributed by atoms with van der Waals surface area (Å²) in [6.45, 7) is 0. The zero-order valence-corrected chi connectivity index (χ0v) is 12.4. The molecule has 0 aliphatic carbocycles.